The van der Waals surface area contributed by atoms with Crippen molar-refractivity contribution in [2.45, 2.75) is 12.8 Å². The minimum atomic E-state index is -3.07. The molecule has 0 aromatic carbocycles. The summed E-state index contributed by atoms with van der Waals surface area (Å²) in [5.74, 6) is -2.61. The molecule has 1 heterocycles. The standard InChI is InChI=1S/C8H5F3INO2/c9-7(10)6-3(1-5(14)15)4(12)2-13-8(6)11/h2,7H,1H2,(H,14,15). The Labute approximate surface area is 96.5 Å². The lowest BCUT2D eigenvalue weighted by Gasteiger charge is -2.09. The first kappa shape index (κ1) is 12.2. The van der Waals surface area contributed by atoms with Gasteiger partial charge >= 0.3 is 5.97 Å². The average molecular weight is 331 g/mol. The monoisotopic (exact) mass is 331 g/mol. The Morgan fingerprint density at radius 2 is 2.20 bits per heavy atom. The number of carboxylic acid groups (broad SMARTS) is 1. The zero-order chi connectivity index (χ0) is 11.6. The van der Waals surface area contributed by atoms with Gasteiger partial charge in [-0.3, -0.25) is 4.79 Å². The molecular weight excluding hydrogens is 326 g/mol. The maximum Gasteiger partial charge on any atom is 0.307 e. The summed E-state index contributed by atoms with van der Waals surface area (Å²) in [5.41, 5.74) is -1.14. The number of aromatic nitrogens is 1. The van der Waals surface area contributed by atoms with E-state index in [1.165, 1.54) is 0 Å². The van der Waals surface area contributed by atoms with Crippen molar-refractivity contribution in [3.8, 4) is 0 Å². The normalized spacial score (nSPS) is 10.7. The van der Waals surface area contributed by atoms with Crippen LogP contribution < -0.4 is 0 Å². The molecule has 82 valence electrons. The van der Waals surface area contributed by atoms with E-state index < -0.39 is 30.3 Å². The van der Waals surface area contributed by atoms with Crippen LogP contribution in [0.3, 0.4) is 0 Å². The summed E-state index contributed by atoms with van der Waals surface area (Å²) >= 11 is 1.64. The fraction of sp³-hybridized carbons (Fsp3) is 0.250. The van der Waals surface area contributed by atoms with Crippen LogP contribution in [0.2, 0.25) is 0 Å². The molecular formula is C8H5F3INO2. The molecule has 0 radical (unpaired) electrons. The summed E-state index contributed by atoms with van der Waals surface area (Å²) in [6, 6.07) is 0. The van der Waals surface area contributed by atoms with Crippen LogP contribution in [0, 0.1) is 9.52 Å². The molecule has 1 N–H and O–H groups in total. The minimum absolute atomic E-state index is 0.215. The molecule has 1 rings (SSSR count). The predicted octanol–water partition coefficient (Wildman–Crippen LogP) is 2.39. The first-order chi connectivity index (χ1) is 6.93. The van der Waals surface area contributed by atoms with Crippen molar-refractivity contribution in [1.29, 1.82) is 0 Å². The van der Waals surface area contributed by atoms with Crippen molar-refractivity contribution in [3.05, 3.63) is 26.8 Å². The lowest BCUT2D eigenvalue weighted by atomic mass is 10.1. The van der Waals surface area contributed by atoms with Crippen molar-refractivity contribution in [3.63, 3.8) is 0 Å². The van der Waals surface area contributed by atoms with Gasteiger partial charge in [0.05, 0.1) is 12.0 Å². The van der Waals surface area contributed by atoms with Crippen molar-refractivity contribution < 1.29 is 23.1 Å². The zero-order valence-corrected chi connectivity index (χ0v) is 9.33. The van der Waals surface area contributed by atoms with Gasteiger partial charge in [-0.05, 0) is 28.2 Å². The van der Waals surface area contributed by atoms with E-state index in [0.717, 1.165) is 6.20 Å². The Hall–Kier alpha value is -0.860. The minimum Gasteiger partial charge on any atom is -0.481 e. The van der Waals surface area contributed by atoms with E-state index in [0.29, 0.717) is 0 Å². The second-order valence-corrected chi connectivity index (χ2v) is 3.82. The van der Waals surface area contributed by atoms with Crippen molar-refractivity contribution in [2.24, 2.45) is 0 Å². The molecule has 0 saturated heterocycles. The third kappa shape index (κ3) is 2.80. The lowest BCUT2D eigenvalue weighted by molar-refractivity contribution is -0.136. The topological polar surface area (TPSA) is 50.2 Å². The largest absolute Gasteiger partial charge is 0.481 e. The molecule has 3 nitrogen and oxygen atoms in total. The van der Waals surface area contributed by atoms with Crippen LogP contribution in [-0.2, 0) is 11.2 Å². The molecule has 0 spiro atoms. The Morgan fingerprint density at radius 3 is 2.67 bits per heavy atom. The maximum atomic E-state index is 12.9. The maximum absolute atomic E-state index is 12.9. The van der Waals surface area contributed by atoms with Gasteiger partial charge in [-0.15, -0.1) is 0 Å². The van der Waals surface area contributed by atoms with Crippen LogP contribution in [-0.4, -0.2) is 16.1 Å². The molecule has 0 atom stereocenters. The number of hydrogen-bond acceptors (Lipinski definition) is 2. The Balaban J connectivity index is 3.31. The van der Waals surface area contributed by atoms with Crippen LogP contribution in [0.5, 0.6) is 0 Å². The molecule has 0 fully saturated rings. The van der Waals surface area contributed by atoms with Crippen LogP contribution in [0.25, 0.3) is 0 Å². The quantitative estimate of drug-likeness (QED) is 0.684. The van der Waals surface area contributed by atoms with E-state index in [-0.39, 0.29) is 9.13 Å². The van der Waals surface area contributed by atoms with E-state index in [2.05, 4.69) is 4.98 Å². The summed E-state index contributed by atoms with van der Waals surface area (Å²) in [4.78, 5) is 13.5. The number of carbonyl (C=O) groups is 1. The number of halogens is 4. The second kappa shape index (κ2) is 4.77. The van der Waals surface area contributed by atoms with Gasteiger partial charge < -0.3 is 5.11 Å². The fourth-order valence-electron chi connectivity index (χ4n) is 1.07. The number of aliphatic carboxylic acids is 1. The first-order valence-corrected chi connectivity index (χ1v) is 4.84. The molecule has 0 unspecified atom stereocenters. The van der Waals surface area contributed by atoms with Gasteiger partial charge in [-0.2, -0.15) is 4.39 Å². The van der Waals surface area contributed by atoms with Crippen molar-refractivity contribution >= 4 is 28.6 Å². The zero-order valence-electron chi connectivity index (χ0n) is 7.18. The molecule has 0 bridgehead atoms. The Bertz CT molecular complexity index is 398. The highest BCUT2D eigenvalue weighted by atomic mass is 127. The predicted molar refractivity (Wildman–Crippen MR) is 53.2 cm³/mol. The third-order valence-electron chi connectivity index (χ3n) is 1.67. The van der Waals surface area contributed by atoms with Crippen LogP contribution in [0.4, 0.5) is 13.2 Å². The smallest absolute Gasteiger partial charge is 0.307 e. The highest BCUT2D eigenvalue weighted by Gasteiger charge is 2.23. The molecule has 15 heavy (non-hydrogen) atoms. The number of alkyl halides is 2. The second-order valence-electron chi connectivity index (χ2n) is 2.66. The number of pyridine rings is 1. The fourth-order valence-corrected chi connectivity index (χ4v) is 1.69. The highest BCUT2D eigenvalue weighted by molar-refractivity contribution is 14.1. The van der Waals surface area contributed by atoms with Crippen molar-refractivity contribution in [1.82, 2.24) is 4.98 Å². The molecule has 1 aromatic rings. The highest BCUT2D eigenvalue weighted by Crippen LogP contribution is 2.28. The molecule has 0 amide bonds. The number of hydrogen-bond donors (Lipinski definition) is 1. The van der Waals surface area contributed by atoms with Crippen LogP contribution in [0.15, 0.2) is 6.20 Å². The van der Waals surface area contributed by atoms with Gasteiger partial charge in [0.15, 0.2) is 0 Å². The van der Waals surface area contributed by atoms with Crippen molar-refractivity contribution in [2.75, 3.05) is 0 Å². The summed E-state index contributed by atoms with van der Waals surface area (Å²) in [5, 5.41) is 8.50. The number of rotatable bonds is 3. The molecule has 0 aliphatic rings. The SMILES string of the molecule is O=C(O)Cc1c(I)cnc(F)c1C(F)F. The van der Waals surface area contributed by atoms with Gasteiger partial charge in [0.1, 0.15) is 0 Å². The first-order valence-electron chi connectivity index (χ1n) is 3.76. The molecule has 0 aliphatic carbocycles. The lowest BCUT2D eigenvalue weighted by Crippen LogP contribution is -2.09. The van der Waals surface area contributed by atoms with Gasteiger partial charge in [-0.25, -0.2) is 13.8 Å². The van der Waals surface area contributed by atoms with E-state index in [1.807, 2.05) is 0 Å². The molecule has 7 heteroatoms. The third-order valence-corrected chi connectivity index (χ3v) is 2.60. The summed E-state index contributed by atoms with van der Waals surface area (Å²) < 4.78 is 38.0. The Kier molecular flexibility index (Phi) is 3.89. The van der Waals surface area contributed by atoms with E-state index in [1.54, 1.807) is 22.6 Å². The molecule has 1 aromatic heterocycles. The van der Waals surface area contributed by atoms with E-state index in [9.17, 15) is 18.0 Å². The number of nitrogens with zero attached hydrogens (tertiary/aromatic N) is 1. The van der Waals surface area contributed by atoms with E-state index >= 15 is 0 Å². The summed E-state index contributed by atoms with van der Waals surface area (Å²) in [6.45, 7) is 0. The van der Waals surface area contributed by atoms with Gasteiger partial charge in [-0.1, -0.05) is 0 Å². The molecule has 0 saturated carbocycles. The summed E-state index contributed by atoms with van der Waals surface area (Å²) in [7, 11) is 0. The van der Waals surface area contributed by atoms with Gasteiger partial charge in [0, 0.05) is 9.77 Å². The van der Waals surface area contributed by atoms with Crippen LogP contribution in [0.1, 0.15) is 17.6 Å². The van der Waals surface area contributed by atoms with E-state index in [4.69, 9.17) is 5.11 Å². The van der Waals surface area contributed by atoms with Gasteiger partial charge in [0.25, 0.3) is 6.43 Å². The van der Waals surface area contributed by atoms with Gasteiger partial charge in [0.2, 0.25) is 5.95 Å². The Morgan fingerprint density at radius 1 is 1.60 bits per heavy atom. The number of carboxylic acids is 1. The molecule has 0 aliphatic heterocycles. The van der Waals surface area contributed by atoms with Crippen LogP contribution >= 0.6 is 22.6 Å². The summed E-state index contributed by atoms with van der Waals surface area (Å²) in [6.07, 6.45) is -2.68. The average Bonchev–Trinajstić information content (AvgIpc) is 2.10.